The predicted molar refractivity (Wildman–Crippen MR) is 116 cm³/mol. The Bertz CT molecular complexity index is 1070. The van der Waals surface area contributed by atoms with E-state index in [4.69, 9.17) is 10.5 Å². The van der Waals surface area contributed by atoms with E-state index in [0.717, 1.165) is 6.07 Å². The maximum atomic E-state index is 13.2. The number of anilines is 1. The summed E-state index contributed by atoms with van der Waals surface area (Å²) in [5, 5.41) is 27.1. The molecule has 0 bridgehead atoms. The number of carbonyl (C=O) groups excluding carboxylic acids is 2. The molecule has 2 amide bonds. The highest BCUT2D eigenvalue weighted by Gasteiger charge is 2.33. The van der Waals surface area contributed by atoms with E-state index in [1.54, 1.807) is 7.05 Å². The van der Waals surface area contributed by atoms with Crippen LogP contribution in [0.15, 0.2) is 18.2 Å². The van der Waals surface area contributed by atoms with Crippen LogP contribution in [-0.4, -0.2) is 59.9 Å². The number of rotatable bonds is 7. The molecule has 2 heterocycles. The number of nitrogens with two attached hydrogens (primary N) is 1. The van der Waals surface area contributed by atoms with Gasteiger partial charge in [0.2, 0.25) is 5.91 Å². The largest absolute Gasteiger partial charge is 0.507 e. The number of ether oxygens (including phenoxy) is 1. The van der Waals surface area contributed by atoms with Gasteiger partial charge in [-0.25, -0.2) is 0 Å². The van der Waals surface area contributed by atoms with Crippen molar-refractivity contribution < 1.29 is 32.6 Å². The third-order valence-corrected chi connectivity index (χ3v) is 5.46. The maximum Gasteiger partial charge on any atom is 0.416 e. The van der Waals surface area contributed by atoms with Gasteiger partial charge < -0.3 is 31.5 Å². The molecular weight excluding hydrogens is 457 g/mol. The number of alkyl halides is 3. The molecule has 1 aliphatic heterocycles. The van der Waals surface area contributed by atoms with Crippen molar-refractivity contribution in [2.24, 2.45) is 5.73 Å². The van der Waals surface area contributed by atoms with Gasteiger partial charge in [0.25, 0.3) is 5.91 Å². The quantitative estimate of drug-likeness (QED) is 0.397. The van der Waals surface area contributed by atoms with Crippen LogP contribution in [0.4, 0.5) is 19.0 Å². The zero-order valence-corrected chi connectivity index (χ0v) is 18.5. The minimum absolute atomic E-state index is 0.0111. The number of aromatic nitrogens is 2. The minimum Gasteiger partial charge on any atom is -0.507 e. The Morgan fingerprint density at radius 2 is 2.00 bits per heavy atom. The molecule has 34 heavy (non-hydrogen) atoms. The van der Waals surface area contributed by atoms with Crippen molar-refractivity contribution in [3.63, 3.8) is 0 Å². The number of hydrogen-bond donors (Lipinski definition) is 5. The smallest absolute Gasteiger partial charge is 0.416 e. The summed E-state index contributed by atoms with van der Waals surface area (Å²) in [6, 6.07) is 2.16. The van der Waals surface area contributed by atoms with Gasteiger partial charge in [-0.2, -0.15) is 13.2 Å². The summed E-state index contributed by atoms with van der Waals surface area (Å²) >= 11 is 0. The molecule has 1 aliphatic rings. The number of aromatic hydroxyl groups is 1. The minimum atomic E-state index is -4.68. The molecule has 0 saturated carbocycles. The lowest BCUT2D eigenvalue weighted by Gasteiger charge is -2.30. The summed E-state index contributed by atoms with van der Waals surface area (Å²) in [5.41, 5.74) is 4.32. The molecule has 1 aromatic heterocycles. The van der Waals surface area contributed by atoms with Gasteiger partial charge in [0.05, 0.1) is 29.5 Å². The van der Waals surface area contributed by atoms with Crippen molar-refractivity contribution in [1.82, 2.24) is 20.8 Å². The van der Waals surface area contributed by atoms with Crippen LogP contribution >= 0.6 is 0 Å². The van der Waals surface area contributed by atoms with Crippen LogP contribution in [0.1, 0.15) is 34.3 Å². The second-order valence-electron chi connectivity index (χ2n) is 7.81. The monoisotopic (exact) mass is 482 g/mol. The van der Waals surface area contributed by atoms with E-state index in [2.05, 4.69) is 26.1 Å². The first-order valence-corrected chi connectivity index (χ1v) is 10.4. The second-order valence-corrected chi connectivity index (χ2v) is 7.81. The number of likely N-dealkylation sites (N-methyl/N-ethyl adjacent to an activating group) is 1. The maximum absolute atomic E-state index is 13.2. The lowest BCUT2D eigenvalue weighted by molar-refractivity contribution is -0.137. The first-order chi connectivity index (χ1) is 16.0. The van der Waals surface area contributed by atoms with Crippen molar-refractivity contribution >= 4 is 17.6 Å². The summed E-state index contributed by atoms with van der Waals surface area (Å²) in [4.78, 5) is 23.9. The lowest BCUT2D eigenvalue weighted by atomic mass is 9.98. The Balaban J connectivity index is 1.92. The lowest BCUT2D eigenvalue weighted by Crippen LogP contribution is -2.51. The first kappa shape index (κ1) is 25.2. The first-order valence-electron chi connectivity index (χ1n) is 10.4. The van der Waals surface area contributed by atoms with E-state index >= 15 is 0 Å². The zero-order chi connectivity index (χ0) is 25.0. The van der Waals surface area contributed by atoms with Crippen LogP contribution in [0, 0.1) is 0 Å². The van der Waals surface area contributed by atoms with Gasteiger partial charge in [-0.15, -0.1) is 10.2 Å². The van der Waals surface area contributed by atoms with Gasteiger partial charge in [0.1, 0.15) is 5.75 Å². The third kappa shape index (κ3) is 5.54. The number of methoxy groups -OCH3 is 1. The van der Waals surface area contributed by atoms with Crippen molar-refractivity contribution in [2.45, 2.75) is 37.7 Å². The highest BCUT2D eigenvalue weighted by molar-refractivity contribution is 5.98. The molecule has 13 heteroatoms. The van der Waals surface area contributed by atoms with Crippen LogP contribution in [-0.2, 0) is 22.3 Å². The number of halogens is 3. The van der Waals surface area contributed by atoms with Crippen LogP contribution in [0.2, 0.25) is 0 Å². The van der Waals surface area contributed by atoms with E-state index in [9.17, 15) is 27.9 Å². The van der Waals surface area contributed by atoms with Gasteiger partial charge in [0.15, 0.2) is 5.82 Å². The van der Waals surface area contributed by atoms with Crippen LogP contribution in [0.25, 0.3) is 11.3 Å². The SMILES string of the molecule is CNC(=O)[C@@H]1CC[C@@H](Nc2nnc(-c3c(O)cc(C(F)(F)F)cc3COC)cc2C(N)=O)CN1. The van der Waals surface area contributed by atoms with Gasteiger partial charge in [-0.1, -0.05) is 0 Å². The van der Waals surface area contributed by atoms with Gasteiger partial charge in [-0.05, 0) is 36.6 Å². The number of primary amides is 1. The van der Waals surface area contributed by atoms with E-state index in [-0.39, 0.29) is 52.8 Å². The van der Waals surface area contributed by atoms with E-state index in [0.29, 0.717) is 25.5 Å². The van der Waals surface area contributed by atoms with Crippen LogP contribution in [0.5, 0.6) is 5.75 Å². The summed E-state index contributed by atoms with van der Waals surface area (Å²) in [6.45, 7) is 0.165. The van der Waals surface area contributed by atoms with Gasteiger partial charge >= 0.3 is 6.18 Å². The average molecular weight is 482 g/mol. The summed E-state index contributed by atoms with van der Waals surface area (Å²) < 4.78 is 44.5. The fourth-order valence-corrected chi connectivity index (χ4v) is 3.79. The molecule has 2 atom stereocenters. The standard InChI is InChI=1S/C21H25F3N6O4/c1-26-20(33)14-4-3-12(8-27-14)28-19-13(18(25)32)7-15(29-30-19)17-10(9-34-2)5-11(6-16(17)31)21(22,23)24/h5-7,12,14,27,31H,3-4,8-9H2,1-2H3,(H2,25,32)(H,26,33)(H,28,30)/t12-,14+/m1/s1. The molecule has 10 nitrogen and oxygen atoms in total. The molecule has 3 rings (SSSR count). The van der Waals surface area contributed by atoms with E-state index < -0.39 is 23.4 Å². The highest BCUT2D eigenvalue weighted by Crippen LogP contribution is 2.39. The average Bonchev–Trinajstić information content (AvgIpc) is 2.79. The predicted octanol–water partition coefficient (Wildman–Crippen LogP) is 1.39. The molecule has 2 aromatic rings. The Morgan fingerprint density at radius 3 is 2.56 bits per heavy atom. The molecule has 0 spiro atoms. The summed E-state index contributed by atoms with van der Waals surface area (Å²) in [5.74, 6) is -1.57. The number of phenolic OH excluding ortho intramolecular Hbond substituents is 1. The molecule has 0 aliphatic carbocycles. The molecule has 0 radical (unpaired) electrons. The molecule has 0 unspecified atom stereocenters. The number of nitrogens with zero attached hydrogens (tertiary/aromatic N) is 2. The van der Waals surface area contributed by atoms with Gasteiger partial charge in [0, 0.05) is 32.3 Å². The Kier molecular flexibility index (Phi) is 7.57. The molecule has 184 valence electrons. The number of carbonyl (C=O) groups is 2. The van der Waals surface area contributed by atoms with Crippen molar-refractivity contribution in [3.8, 4) is 17.0 Å². The number of phenols is 1. The van der Waals surface area contributed by atoms with Crippen molar-refractivity contribution in [1.29, 1.82) is 0 Å². The molecule has 1 aromatic carbocycles. The number of nitrogens with one attached hydrogen (secondary N) is 3. The van der Waals surface area contributed by atoms with Crippen LogP contribution < -0.4 is 21.7 Å². The molecule has 1 fully saturated rings. The zero-order valence-electron chi connectivity index (χ0n) is 18.5. The normalized spacial score (nSPS) is 18.4. The fourth-order valence-electron chi connectivity index (χ4n) is 3.79. The Morgan fingerprint density at radius 1 is 1.26 bits per heavy atom. The van der Waals surface area contributed by atoms with Gasteiger partial charge in [-0.3, -0.25) is 9.59 Å². The van der Waals surface area contributed by atoms with Crippen LogP contribution in [0.3, 0.4) is 0 Å². The Labute approximate surface area is 193 Å². The van der Waals surface area contributed by atoms with Crippen molar-refractivity contribution in [3.05, 3.63) is 34.9 Å². The molecule has 1 saturated heterocycles. The van der Waals surface area contributed by atoms with E-state index in [1.807, 2.05) is 0 Å². The second kappa shape index (κ2) is 10.2. The highest BCUT2D eigenvalue weighted by atomic mass is 19.4. The van der Waals surface area contributed by atoms with Crippen molar-refractivity contribution in [2.75, 3.05) is 26.0 Å². The number of piperidine rings is 1. The number of hydrogen-bond acceptors (Lipinski definition) is 8. The fraction of sp³-hybridized carbons (Fsp3) is 0.429. The number of benzene rings is 1. The third-order valence-electron chi connectivity index (χ3n) is 5.46. The number of amides is 2. The van der Waals surface area contributed by atoms with E-state index in [1.165, 1.54) is 13.2 Å². The summed E-state index contributed by atoms with van der Waals surface area (Å²) in [7, 11) is 2.85. The molecular formula is C21H25F3N6O4. The molecule has 6 N–H and O–H groups in total. The summed E-state index contributed by atoms with van der Waals surface area (Å²) in [6.07, 6.45) is -3.53. The Hall–Kier alpha value is -3.45. The topological polar surface area (TPSA) is 151 Å².